The minimum absolute atomic E-state index is 0.00779. The summed E-state index contributed by atoms with van der Waals surface area (Å²) in [5.74, 6) is -0.466. The third kappa shape index (κ3) is 2.97. The lowest BCUT2D eigenvalue weighted by molar-refractivity contribution is -0.137. The molecule has 2 aliphatic rings. The molecule has 1 aromatic carbocycles. The van der Waals surface area contributed by atoms with E-state index in [4.69, 9.17) is 11.6 Å². The van der Waals surface area contributed by atoms with E-state index in [2.05, 4.69) is 20.7 Å². The van der Waals surface area contributed by atoms with Crippen molar-refractivity contribution in [1.29, 1.82) is 0 Å². The van der Waals surface area contributed by atoms with E-state index in [1.807, 2.05) is 0 Å². The third-order valence-electron chi connectivity index (χ3n) is 5.52. The number of alkyl halides is 3. The minimum Gasteiger partial charge on any atom is -0.325 e. The zero-order valence-corrected chi connectivity index (χ0v) is 16.4. The average Bonchev–Trinajstić information content (AvgIpc) is 3.22. The number of rotatable bonds is 2. The van der Waals surface area contributed by atoms with Crippen LogP contribution in [0.5, 0.6) is 0 Å². The van der Waals surface area contributed by atoms with Crippen molar-refractivity contribution in [2.24, 2.45) is 0 Å². The number of fused-ring (bicyclic) bond motifs is 4. The SMILES string of the molecule is O=C1CC2(C(=O)Nc3ccc(Cl)cc32)c2cnn(Cc3ccc(C(F)(F)F)cn3)c2N1. The molecule has 7 nitrogen and oxygen atoms in total. The Labute approximate surface area is 178 Å². The maximum absolute atomic E-state index is 13.0. The van der Waals surface area contributed by atoms with Crippen molar-refractivity contribution < 1.29 is 22.8 Å². The van der Waals surface area contributed by atoms with Gasteiger partial charge in [-0.15, -0.1) is 0 Å². The molecule has 5 rings (SSSR count). The number of pyridine rings is 1. The molecule has 1 atom stereocenters. The molecule has 0 saturated carbocycles. The van der Waals surface area contributed by atoms with Crippen molar-refractivity contribution in [3.8, 4) is 0 Å². The molecule has 0 bridgehead atoms. The predicted molar refractivity (Wildman–Crippen MR) is 105 cm³/mol. The van der Waals surface area contributed by atoms with Crippen molar-refractivity contribution in [1.82, 2.24) is 14.8 Å². The first-order valence-corrected chi connectivity index (χ1v) is 9.56. The lowest BCUT2D eigenvalue weighted by atomic mass is 9.72. The Hall–Kier alpha value is -3.40. The van der Waals surface area contributed by atoms with Gasteiger partial charge in [0.05, 0.1) is 24.0 Å². The summed E-state index contributed by atoms with van der Waals surface area (Å²) in [5.41, 5.74) is -0.212. The summed E-state index contributed by atoms with van der Waals surface area (Å²) >= 11 is 6.15. The van der Waals surface area contributed by atoms with Crippen LogP contribution in [0.25, 0.3) is 0 Å². The Morgan fingerprint density at radius 3 is 2.61 bits per heavy atom. The second-order valence-electron chi connectivity index (χ2n) is 7.37. The molecular weight excluding hydrogens is 435 g/mol. The molecule has 2 aliphatic heterocycles. The van der Waals surface area contributed by atoms with E-state index in [9.17, 15) is 22.8 Å². The van der Waals surface area contributed by atoms with Crippen LogP contribution in [-0.4, -0.2) is 26.6 Å². The fourth-order valence-electron chi connectivity index (χ4n) is 4.07. The maximum atomic E-state index is 13.0. The molecule has 31 heavy (non-hydrogen) atoms. The van der Waals surface area contributed by atoms with E-state index in [0.717, 1.165) is 12.3 Å². The molecular formula is C20H13ClF3N5O2. The quantitative estimate of drug-likeness (QED) is 0.628. The number of amides is 2. The number of carbonyl (C=O) groups is 2. The Morgan fingerprint density at radius 2 is 1.90 bits per heavy atom. The number of hydrogen-bond acceptors (Lipinski definition) is 4. The van der Waals surface area contributed by atoms with Gasteiger partial charge >= 0.3 is 6.18 Å². The van der Waals surface area contributed by atoms with Crippen LogP contribution < -0.4 is 10.6 Å². The van der Waals surface area contributed by atoms with Crippen LogP contribution in [0.3, 0.4) is 0 Å². The summed E-state index contributed by atoms with van der Waals surface area (Å²) in [6.45, 7) is 0.00779. The molecule has 0 radical (unpaired) electrons. The molecule has 0 fully saturated rings. The number of hydrogen-bond donors (Lipinski definition) is 2. The first-order chi connectivity index (χ1) is 14.7. The first kappa shape index (κ1) is 19.6. The van der Waals surface area contributed by atoms with Gasteiger partial charge in [0.1, 0.15) is 11.2 Å². The maximum Gasteiger partial charge on any atom is 0.417 e. The highest BCUT2D eigenvalue weighted by Crippen LogP contribution is 2.50. The summed E-state index contributed by atoms with van der Waals surface area (Å²) in [5, 5.41) is 10.2. The molecule has 1 unspecified atom stereocenters. The number of carbonyl (C=O) groups excluding carboxylic acids is 2. The van der Waals surface area contributed by atoms with Gasteiger partial charge in [0, 0.05) is 28.9 Å². The van der Waals surface area contributed by atoms with Gasteiger partial charge < -0.3 is 10.6 Å². The fraction of sp³-hybridized carbons (Fsp3) is 0.200. The average molecular weight is 448 g/mol. The van der Waals surface area contributed by atoms with Crippen LogP contribution in [0.4, 0.5) is 24.7 Å². The summed E-state index contributed by atoms with van der Waals surface area (Å²) < 4.78 is 39.7. The van der Waals surface area contributed by atoms with E-state index in [1.54, 1.807) is 18.2 Å². The molecule has 2 amide bonds. The molecule has 1 spiro atoms. The first-order valence-electron chi connectivity index (χ1n) is 9.18. The van der Waals surface area contributed by atoms with E-state index in [0.29, 0.717) is 33.3 Å². The van der Waals surface area contributed by atoms with Crippen molar-refractivity contribution in [2.75, 3.05) is 10.6 Å². The smallest absolute Gasteiger partial charge is 0.325 e. The standard InChI is InChI=1S/C20H13ClF3N5O2/c21-11-2-4-15-13(5-11)19(18(31)27-15)6-16(30)28-17-14(19)8-26-29(17)9-12-3-1-10(7-25-12)20(22,23)24/h1-5,7-8H,6,9H2,(H,27,31)(H,28,30). The summed E-state index contributed by atoms with van der Waals surface area (Å²) in [6.07, 6.45) is -2.38. The Balaban J connectivity index is 1.57. The van der Waals surface area contributed by atoms with Gasteiger partial charge in [0.15, 0.2) is 0 Å². The van der Waals surface area contributed by atoms with E-state index in [-0.39, 0.29) is 18.9 Å². The van der Waals surface area contributed by atoms with Crippen molar-refractivity contribution >= 4 is 34.9 Å². The van der Waals surface area contributed by atoms with E-state index >= 15 is 0 Å². The van der Waals surface area contributed by atoms with Gasteiger partial charge in [-0.1, -0.05) is 11.6 Å². The Bertz CT molecular complexity index is 1240. The van der Waals surface area contributed by atoms with Gasteiger partial charge in [-0.2, -0.15) is 18.3 Å². The van der Waals surface area contributed by atoms with Crippen LogP contribution in [0.1, 0.15) is 28.8 Å². The van der Waals surface area contributed by atoms with Crippen molar-refractivity contribution in [3.63, 3.8) is 0 Å². The highest BCUT2D eigenvalue weighted by atomic mass is 35.5. The largest absolute Gasteiger partial charge is 0.417 e. The Kier molecular flexibility index (Phi) is 4.13. The lowest BCUT2D eigenvalue weighted by Gasteiger charge is -2.31. The van der Waals surface area contributed by atoms with Crippen LogP contribution in [0, 0.1) is 0 Å². The lowest BCUT2D eigenvalue weighted by Crippen LogP contribution is -2.43. The molecule has 2 aromatic heterocycles. The molecule has 11 heteroatoms. The molecule has 0 saturated heterocycles. The van der Waals surface area contributed by atoms with Gasteiger partial charge in [-0.3, -0.25) is 14.6 Å². The number of nitrogens with zero attached hydrogens (tertiary/aromatic N) is 3. The minimum atomic E-state index is -4.48. The predicted octanol–water partition coefficient (Wildman–Crippen LogP) is 3.58. The topological polar surface area (TPSA) is 88.9 Å². The summed E-state index contributed by atoms with van der Waals surface area (Å²) in [7, 11) is 0. The van der Waals surface area contributed by atoms with E-state index < -0.39 is 23.1 Å². The fourth-order valence-corrected chi connectivity index (χ4v) is 4.25. The second-order valence-corrected chi connectivity index (χ2v) is 7.81. The highest BCUT2D eigenvalue weighted by molar-refractivity contribution is 6.31. The van der Waals surface area contributed by atoms with Gasteiger partial charge in [-0.05, 0) is 35.9 Å². The van der Waals surface area contributed by atoms with Gasteiger partial charge in [0.2, 0.25) is 11.8 Å². The van der Waals surface area contributed by atoms with Crippen LogP contribution in [0.2, 0.25) is 5.02 Å². The van der Waals surface area contributed by atoms with E-state index in [1.165, 1.54) is 16.9 Å². The zero-order valence-electron chi connectivity index (χ0n) is 15.6. The van der Waals surface area contributed by atoms with Crippen LogP contribution in [0.15, 0.2) is 42.7 Å². The van der Waals surface area contributed by atoms with Crippen molar-refractivity contribution in [3.05, 3.63) is 70.1 Å². The Morgan fingerprint density at radius 1 is 1.10 bits per heavy atom. The van der Waals surface area contributed by atoms with Crippen LogP contribution in [-0.2, 0) is 27.7 Å². The normalized spacial score (nSPS) is 19.7. The number of halogens is 4. The molecule has 0 aliphatic carbocycles. The van der Waals surface area contributed by atoms with Gasteiger partial charge in [-0.25, -0.2) is 4.68 Å². The third-order valence-corrected chi connectivity index (χ3v) is 5.76. The van der Waals surface area contributed by atoms with Crippen LogP contribution >= 0.6 is 11.6 Å². The second kappa shape index (κ2) is 6.55. The zero-order chi connectivity index (χ0) is 22.0. The molecule has 158 valence electrons. The number of anilines is 2. The highest BCUT2D eigenvalue weighted by Gasteiger charge is 2.54. The molecule has 3 aromatic rings. The molecule has 2 N–H and O–H groups in total. The van der Waals surface area contributed by atoms with Crippen molar-refractivity contribution in [2.45, 2.75) is 24.6 Å². The number of aromatic nitrogens is 3. The summed E-state index contributed by atoms with van der Waals surface area (Å²) in [6, 6.07) is 7.14. The number of benzene rings is 1. The summed E-state index contributed by atoms with van der Waals surface area (Å²) in [4.78, 5) is 29.5. The molecule has 4 heterocycles. The van der Waals surface area contributed by atoms with Gasteiger partial charge in [0.25, 0.3) is 0 Å². The monoisotopic (exact) mass is 447 g/mol. The number of nitrogens with one attached hydrogen (secondary N) is 2.